The third-order valence-corrected chi connectivity index (χ3v) is 11.4. The lowest BCUT2D eigenvalue weighted by atomic mass is 9.90. The molecule has 0 radical (unpaired) electrons. The van der Waals surface area contributed by atoms with Crippen LogP contribution in [0.1, 0.15) is 78.5 Å². The van der Waals surface area contributed by atoms with Gasteiger partial charge in [0.15, 0.2) is 6.10 Å². The standard InChI is InChI=1S/C41H60N6O13S/c1-25(2)36(52)45(17-16-44(7)40(56)58-24-27-10-12-30(13-11-27)59-39-34(51)26(3)33(50)35(60-39)38(54)55)22-28-23-46(43-42-28)18-20-57-19-8-9-29(48)14-15-47-32(49)21-31(37(47)53)61-41(4,5)6/h10-13,23,25-26,31,33-35,39,50-51H,8-9,14-22,24H2,1-7H3,(H,54,55). The van der Waals surface area contributed by atoms with E-state index in [0.29, 0.717) is 37.4 Å². The van der Waals surface area contributed by atoms with Crippen LogP contribution in [-0.2, 0) is 57.9 Å². The molecule has 4 amide bonds. The number of thioether (sulfide) groups is 1. The Hall–Kier alpha value is -4.63. The molecule has 2 aliphatic rings. The third kappa shape index (κ3) is 14.8. The van der Waals surface area contributed by atoms with E-state index in [-0.39, 0.29) is 92.0 Å². The number of rotatable bonds is 22. The van der Waals surface area contributed by atoms with Gasteiger partial charge >= 0.3 is 12.1 Å². The number of amides is 4. The van der Waals surface area contributed by atoms with Gasteiger partial charge in [-0.2, -0.15) is 0 Å². The van der Waals surface area contributed by atoms with Crippen LogP contribution >= 0.6 is 11.8 Å². The van der Waals surface area contributed by atoms with E-state index in [2.05, 4.69) is 10.3 Å². The molecule has 2 aromatic rings. The molecular weight excluding hydrogens is 817 g/mol. The van der Waals surface area contributed by atoms with Gasteiger partial charge in [0.25, 0.3) is 0 Å². The maximum atomic E-state index is 13.1. The average molecular weight is 877 g/mol. The Bertz CT molecular complexity index is 1820. The van der Waals surface area contributed by atoms with Crippen LogP contribution < -0.4 is 4.74 Å². The normalized spacial score (nSPS) is 21.8. The van der Waals surface area contributed by atoms with E-state index < -0.39 is 47.8 Å². The Morgan fingerprint density at radius 3 is 2.38 bits per heavy atom. The van der Waals surface area contributed by atoms with Gasteiger partial charge in [0.1, 0.15) is 29.9 Å². The van der Waals surface area contributed by atoms with Gasteiger partial charge in [-0.15, -0.1) is 16.9 Å². The Balaban J connectivity index is 1.14. The lowest BCUT2D eigenvalue weighted by molar-refractivity contribution is -0.255. The zero-order chi connectivity index (χ0) is 45.0. The minimum absolute atomic E-state index is 0.0392. The highest BCUT2D eigenvalue weighted by atomic mass is 32.2. The second-order valence-electron chi connectivity index (χ2n) is 16.5. The molecule has 61 heavy (non-hydrogen) atoms. The number of carbonyl (C=O) groups is 6. The fraction of sp³-hybridized carbons (Fsp3) is 0.659. The Kier molecular flexibility index (Phi) is 18.1. The van der Waals surface area contributed by atoms with Crippen molar-refractivity contribution in [2.75, 3.05) is 39.9 Å². The number of aliphatic hydroxyl groups excluding tert-OH is 2. The maximum absolute atomic E-state index is 13.1. The number of nitrogens with zero attached hydrogens (tertiary/aromatic N) is 6. The van der Waals surface area contributed by atoms with E-state index in [0.717, 1.165) is 0 Å². The van der Waals surface area contributed by atoms with E-state index in [1.165, 1.54) is 28.5 Å². The zero-order valence-corrected chi connectivity index (χ0v) is 36.7. The second-order valence-corrected chi connectivity index (χ2v) is 18.6. The van der Waals surface area contributed by atoms with Gasteiger partial charge in [-0.05, 0) is 24.1 Å². The summed E-state index contributed by atoms with van der Waals surface area (Å²) in [6.07, 6.45) is -3.38. The molecule has 0 bridgehead atoms. The van der Waals surface area contributed by atoms with Crippen LogP contribution in [0.25, 0.3) is 0 Å². The van der Waals surface area contributed by atoms with Gasteiger partial charge in [0.2, 0.25) is 24.0 Å². The summed E-state index contributed by atoms with van der Waals surface area (Å²) in [6, 6.07) is 6.36. The predicted molar refractivity (Wildman–Crippen MR) is 220 cm³/mol. The number of aliphatic hydroxyl groups is 2. The third-order valence-electron chi connectivity index (χ3n) is 10.0. The minimum atomic E-state index is -1.56. The summed E-state index contributed by atoms with van der Waals surface area (Å²) in [4.78, 5) is 79.0. The van der Waals surface area contributed by atoms with Gasteiger partial charge in [-0.3, -0.25) is 24.1 Å². The number of likely N-dealkylation sites (tertiary alicyclic amines) is 1. The molecule has 6 unspecified atom stereocenters. The molecule has 2 aliphatic heterocycles. The highest BCUT2D eigenvalue weighted by molar-refractivity contribution is 8.01. The number of aliphatic carboxylic acids is 1. The molecule has 0 aliphatic carbocycles. The number of benzene rings is 1. The first-order valence-corrected chi connectivity index (χ1v) is 21.3. The van der Waals surface area contributed by atoms with E-state index >= 15 is 0 Å². The van der Waals surface area contributed by atoms with E-state index in [4.69, 9.17) is 18.9 Å². The number of imide groups is 1. The van der Waals surface area contributed by atoms with Crippen LogP contribution in [0.2, 0.25) is 0 Å². The van der Waals surface area contributed by atoms with Crippen molar-refractivity contribution in [2.24, 2.45) is 11.8 Å². The molecule has 1 aromatic carbocycles. The van der Waals surface area contributed by atoms with Gasteiger partial charge in [0.05, 0.1) is 37.2 Å². The molecule has 338 valence electrons. The number of likely N-dealkylation sites (N-methyl/N-ethyl adjacent to an activating group) is 1. The summed E-state index contributed by atoms with van der Waals surface area (Å²) < 4.78 is 23.5. The number of ether oxygens (including phenoxy) is 4. The number of carboxylic acids is 1. The fourth-order valence-corrected chi connectivity index (χ4v) is 7.80. The van der Waals surface area contributed by atoms with E-state index in [1.54, 1.807) is 60.9 Å². The molecule has 6 atom stereocenters. The van der Waals surface area contributed by atoms with Crippen LogP contribution in [0.3, 0.4) is 0 Å². The van der Waals surface area contributed by atoms with Crippen molar-refractivity contribution in [3.63, 3.8) is 0 Å². The Morgan fingerprint density at radius 2 is 1.72 bits per heavy atom. The summed E-state index contributed by atoms with van der Waals surface area (Å²) in [6.45, 7) is 12.7. The minimum Gasteiger partial charge on any atom is -0.479 e. The largest absolute Gasteiger partial charge is 0.479 e. The van der Waals surface area contributed by atoms with Crippen LogP contribution in [0.5, 0.6) is 5.75 Å². The van der Waals surface area contributed by atoms with Crippen LogP contribution in [0.4, 0.5) is 4.79 Å². The van der Waals surface area contributed by atoms with Crippen molar-refractivity contribution in [3.8, 4) is 5.75 Å². The SMILES string of the molecule is CC(C)C(=O)N(CCN(C)C(=O)OCc1ccc(OC2OC(C(=O)O)C(O)C(C)C2O)cc1)Cc1cn(CCOCCCC(=O)CCN2C(=O)CC(SC(C)(C)C)C2=O)nn1. The molecule has 0 spiro atoms. The van der Waals surface area contributed by atoms with Crippen LogP contribution in [-0.4, -0.2) is 155 Å². The lowest BCUT2D eigenvalue weighted by Gasteiger charge is -2.39. The monoisotopic (exact) mass is 876 g/mol. The summed E-state index contributed by atoms with van der Waals surface area (Å²) in [5, 5.41) is 37.8. The topological polar surface area (TPSA) is 240 Å². The fourth-order valence-electron chi connectivity index (χ4n) is 6.50. The molecule has 2 saturated heterocycles. The highest BCUT2D eigenvalue weighted by Gasteiger charge is 2.46. The number of ketones is 1. The molecule has 3 N–H and O–H groups in total. The van der Waals surface area contributed by atoms with Crippen molar-refractivity contribution in [2.45, 2.75) is 122 Å². The number of carbonyl (C=O) groups excluding carboxylic acids is 5. The Labute approximate surface area is 360 Å². The van der Waals surface area contributed by atoms with Gasteiger partial charge in [0, 0.05) is 69.1 Å². The first-order chi connectivity index (χ1) is 28.7. The molecular formula is C41H60N6O13S. The highest BCUT2D eigenvalue weighted by Crippen LogP contribution is 2.34. The van der Waals surface area contributed by atoms with Crippen LogP contribution in [0, 0.1) is 11.8 Å². The zero-order valence-electron chi connectivity index (χ0n) is 35.9. The van der Waals surface area contributed by atoms with E-state index in [1.807, 2.05) is 20.8 Å². The first-order valence-electron chi connectivity index (χ1n) is 20.4. The number of carboxylic acid groups (broad SMARTS) is 1. The molecule has 0 saturated carbocycles. The molecule has 20 heteroatoms. The second kappa shape index (κ2) is 22.5. The lowest BCUT2D eigenvalue weighted by Crippen LogP contribution is -2.57. The average Bonchev–Trinajstić information content (AvgIpc) is 3.76. The van der Waals surface area contributed by atoms with Crippen molar-refractivity contribution in [3.05, 3.63) is 41.7 Å². The molecule has 19 nitrogen and oxygen atoms in total. The van der Waals surface area contributed by atoms with Crippen molar-refractivity contribution in [1.82, 2.24) is 29.7 Å². The van der Waals surface area contributed by atoms with Crippen molar-refractivity contribution < 1.29 is 63.0 Å². The summed E-state index contributed by atoms with van der Waals surface area (Å²) in [5.41, 5.74) is 1.17. The van der Waals surface area contributed by atoms with Gasteiger partial charge in [-0.1, -0.05) is 58.9 Å². The quantitative estimate of drug-likeness (QED) is 0.114. The summed E-state index contributed by atoms with van der Waals surface area (Å²) in [5.74, 6) is -2.84. The van der Waals surface area contributed by atoms with Gasteiger partial charge in [-0.25, -0.2) is 14.3 Å². The summed E-state index contributed by atoms with van der Waals surface area (Å²) >= 11 is 1.47. The van der Waals surface area contributed by atoms with Crippen molar-refractivity contribution in [1.29, 1.82) is 0 Å². The molecule has 3 heterocycles. The Morgan fingerprint density at radius 1 is 1.02 bits per heavy atom. The molecule has 2 fully saturated rings. The number of Topliss-reactive ketones (excluding diaryl/α,β-unsaturated/α-hetero) is 1. The molecule has 1 aromatic heterocycles. The number of aromatic nitrogens is 3. The molecule has 4 rings (SSSR count). The summed E-state index contributed by atoms with van der Waals surface area (Å²) in [7, 11) is 1.56. The maximum Gasteiger partial charge on any atom is 0.409 e. The van der Waals surface area contributed by atoms with Gasteiger partial charge < -0.3 is 44.1 Å². The predicted octanol–water partition coefficient (Wildman–Crippen LogP) is 2.49. The number of hydrogen-bond donors (Lipinski definition) is 3. The van der Waals surface area contributed by atoms with E-state index in [9.17, 15) is 44.1 Å². The first kappa shape index (κ1) is 49.0. The van der Waals surface area contributed by atoms with Crippen molar-refractivity contribution >= 4 is 47.3 Å². The van der Waals surface area contributed by atoms with Crippen LogP contribution in [0.15, 0.2) is 30.5 Å². The number of hydrogen-bond acceptors (Lipinski definition) is 15. The smallest absolute Gasteiger partial charge is 0.409 e.